The molecule has 0 spiro atoms. The number of piperazine rings is 1. The zero-order chi connectivity index (χ0) is 16.4. The minimum atomic E-state index is 0.198. The van der Waals surface area contributed by atoms with Crippen LogP contribution < -0.4 is 10.2 Å². The van der Waals surface area contributed by atoms with E-state index in [-0.39, 0.29) is 5.41 Å². The van der Waals surface area contributed by atoms with Crippen LogP contribution in [0.5, 0.6) is 0 Å². The van der Waals surface area contributed by atoms with Crippen LogP contribution in [0.15, 0.2) is 30.6 Å². The molecule has 1 aliphatic heterocycles. The highest BCUT2D eigenvalue weighted by molar-refractivity contribution is 6.29. The lowest BCUT2D eigenvalue weighted by atomic mass is 9.85. The van der Waals surface area contributed by atoms with Gasteiger partial charge in [0.25, 0.3) is 0 Å². The van der Waals surface area contributed by atoms with E-state index in [1.807, 2.05) is 18.2 Å². The second-order valence-electron chi connectivity index (χ2n) is 6.93. The molecule has 1 saturated heterocycles. The van der Waals surface area contributed by atoms with Gasteiger partial charge in [-0.1, -0.05) is 32.4 Å². The molecule has 1 unspecified atom stereocenters. The van der Waals surface area contributed by atoms with Crippen molar-refractivity contribution in [1.29, 1.82) is 0 Å². The van der Waals surface area contributed by atoms with Gasteiger partial charge in [0.1, 0.15) is 11.0 Å². The topological polar surface area (TPSA) is 53.9 Å². The molecule has 0 amide bonds. The number of halogens is 1. The van der Waals surface area contributed by atoms with Crippen molar-refractivity contribution in [2.24, 2.45) is 5.41 Å². The molecule has 1 aliphatic rings. The fourth-order valence-electron chi connectivity index (χ4n) is 2.74. The van der Waals surface area contributed by atoms with Crippen molar-refractivity contribution in [3.05, 3.63) is 35.7 Å². The fraction of sp³-hybridized carbons (Fsp3) is 0.471. The van der Waals surface area contributed by atoms with Crippen LogP contribution in [0.2, 0.25) is 5.15 Å². The zero-order valence-electron chi connectivity index (χ0n) is 13.8. The molecule has 0 aliphatic carbocycles. The molecule has 1 fully saturated rings. The van der Waals surface area contributed by atoms with E-state index in [1.54, 1.807) is 12.4 Å². The molecule has 0 saturated carbocycles. The molecule has 6 heteroatoms. The van der Waals surface area contributed by atoms with Crippen LogP contribution in [0, 0.1) is 5.41 Å². The van der Waals surface area contributed by atoms with Crippen LogP contribution in [0.25, 0.3) is 11.4 Å². The summed E-state index contributed by atoms with van der Waals surface area (Å²) in [7, 11) is 0. The number of anilines is 1. The van der Waals surface area contributed by atoms with Gasteiger partial charge in [-0.25, -0.2) is 9.97 Å². The Kier molecular flexibility index (Phi) is 4.50. The number of pyridine rings is 1. The Morgan fingerprint density at radius 3 is 2.65 bits per heavy atom. The van der Waals surface area contributed by atoms with Gasteiger partial charge in [0.15, 0.2) is 5.82 Å². The average Bonchev–Trinajstić information content (AvgIpc) is 2.54. The first-order valence-corrected chi connectivity index (χ1v) is 8.24. The Hall–Kier alpha value is -1.72. The predicted molar refractivity (Wildman–Crippen MR) is 93.7 cm³/mol. The van der Waals surface area contributed by atoms with Gasteiger partial charge in [-0.2, -0.15) is 0 Å². The van der Waals surface area contributed by atoms with Gasteiger partial charge in [-0.3, -0.25) is 4.98 Å². The highest BCUT2D eigenvalue weighted by Gasteiger charge is 2.30. The third-order valence-corrected chi connectivity index (χ3v) is 4.36. The summed E-state index contributed by atoms with van der Waals surface area (Å²) in [5, 5.41) is 4.06. The van der Waals surface area contributed by atoms with Gasteiger partial charge < -0.3 is 10.2 Å². The summed E-state index contributed by atoms with van der Waals surface area (Å²) in [4.78, 5) is 15.4. The van der Waals surface area contributed by atoms with E-state index in [9.17, 15) is 0 Å². The van der Waals surface area contributed by atoms with Crippen LogP contribution in [-0.4, -0.2) is 40.6 Å². The fourth-order valence-corrected chi connectivity index (χ4v) is 2.91. The van der Waals surface area contributed by atoms with Gasteiger partial charge in [-0.15, -0.1) is 0 Å². The van der Waals surface area contributed by atoms with Crippen molar-refractivity contribution in [1.82, 2.24) is 20.3 Å². The van der Waals surface area contributed by atoms with Gasteiger partial charge >= 0.3 is 0 Å². The largest absolute Gasteiger partial charge is 0.354 e. The molecule has 23 heavy (non-hydrogen) atoms. The third-order valence-electron chi connectivity index (χ3n) is 4.16. The van der Waals surface area contributed by atoms with Gasteiger partial charge in [-0.05, 0) is 17.5 Å². The maximum atomic E-state index is 6.24. The molecular weight excluding hydrogens is 310 g/mol. The molecule has 1 atom stereocenters. The maximum absolute atomic E-state index is 6.24. The van der Waals surface area contributed by atoms with Crippen LogP contribution >= 0.6 is 11.6 Å². The first-order chi connectivity index (χ1) is 10.9. The predicted octanol–water partition coefficient (Wildman–Crippen LogP) is 3.02. The Labute approximate surface area is 142 Å². The van der Waals surface area contributed by atoms with E-state index in [0.717, 1.165) is 31.0 Å². The standard InChI is InChI=1S/C17H22ClN5/c1-17(2,3)13-11-23(9-8-20-13)15-10-14(18)21-16(22-15)12-4-6-19-7-5-12/h4-7,10,13,20H,8-9,11H2,1-3H3. The van der Waals surface area contributed by atoms with E-state index in [4.69, 9.17) is 16.6 Å². The number of hydrogen-bond donors (Lipinski definition) is 1. The SMILES string of the molecule is CC(C)(C)C1CN(c2cc(Cl)nc(-c3ccncc3)n2)CCN1. The molecule has 2 aromatic rings. The van der Waals surface area contributed by atoms with Crippen molar-refractivity contribution in [2.75, 3.05) is 24.5 Å². The molecule has 3 heterocycles. The number of aromatic nitrogens is 3. The van der Waals surface area contributed by atoms with E-state index in [1.165, 1.54) is 0 Å². The zero-order valence-corrected chi connectivity index (χ0v) is 14.5. The van der Waals surface area contributed by atoms with E-state index >= 15 is 0 Å². The Bertz CT molecular complexity index is 668. The van der Waals surface area contributed by atoms with Crippen LogP contribution in [0.4, 0.5) is 5.82 Å². The summed E-state index contributed by atoms with van der Waals surface area (Å²) in [6.45, 7) is 9.52. The van der Waals surface area contributed by atoms with Crippen LogP contribution in [0.3, 0.4) is 0 Å². The highest BCUT2D eigenvalue weighted by Crippen LogP contribution is 2.26. The Morgan fingerprint density at radius 1 is 1.22 bits per heavy atom. The van der Waals surface area contributed by atoms with Crippen molar-refractivity contribution in [3.8, 4) is 11.4 Å². The van der Waals surface area contributed by atoms with E-state index < -0.39 is 0 Å². The van der Waals surface area contributed by atoms with Crippen molar-refractivity contribution in [2.45, 2.75) is 26.8 Å². The number of nitrogens with one attached hydrogen (secondary N) is 1. The second-order valence-corrected chi connectivity index (χ2v) is 7.31. The summed E-state index contributed by atoms with van der Waals surface area (Å²) in [6, 6.07) is 6.04. The van der Waals surface area contributed by atoms with Gasteiger partial charge in [0, 0.05) is 49.7 Å². The number of nitrogens with zero attached hydrogens (tertiary/aromatic N) is 4. The average molecular weight is 332 g/mol. The van der Waals surface area contributed by atoms with Gasteiger partial charge in [0.05, 0.1) is 0 Å². The molecule has 0 bridgehead atoms. The van der Waals surface area contributed by atoms with Crippen molar-refractivity contribution >= 4 is 17.4 Å². The van der Waals surface area contributed by atoms with Crippen LogP contribution in [0.1, 0.15) is 20.8 Å². The minimum Gasteiger partial charge on any atom is -0.354 e. The summed E-state index contributed by atoms with van der Waals surface area (Å²) in [5.74, 6) is 1.52. The lowest BCUT2D eigenvalue weighted by Gasteiger charge is -2.41. The second kappa shape index (κ2) is 6.42. The highest BCUT2D eigenvalue weighted by atomic mass is 35.5. The summed E-state index contributed by atoms with van der Waals surface area (Å²) in [5.41, 5.74) is 1.12. The van der Waals surface area contributed by atoms with Crippen molar-refractivity contribution < 1.29 is 0 Å². The summed E-state index contributed by atoms with van der Waals surface area (Å²) >= 11 is 6.24. The number of hydrogen-bond acceptors (Lipinski definition) is 5. The van der Waals surface area contributed by atoms with Crippen molar-refractivity contribution in [3.63, 3.8) is 0 Å². The smallest absolute Gasteiger partial charge is 0.163 e. The Balaban J connectivity index is 1.89. The lowest BCUT2D eigenvalue weighted by molar-refractivity contribution is 0.253. The molecular formula is C17H22ClN5. The quantitative estimate of drug-likeness (QED) is 0.857. The van der Waals surface area contributed by atoms with E-state index in [0.29, 0.717) is 17.0 Å². The van der Waals surface area contributed by atoms with Crippen LogP contribution in [-0.2, 0) is 0 Å². The molecule has 0 radical (unpaired) electrons. The first kappa shape index (κ1) is 16.1. The molecule has 0 aromatic carbocycles. The molecule has 1 N–H and O–H groups in total. The maximum Gasteiger partial charge on any atom is 0.163 e. The number of rotatable bonds is 2. The molecule has 3 rings (SSSR count). The third kappa shape index (κ3) is 3.79. The minimum absolute atomic E-state index is 0.198. The molecule has 2 aromatic heterocycles. The monoisotopic (exact) mass is 331 g/mol. The lowest BCUT2D eigenvalue weighted by Crippen LogP contribution is -2.56. The summed E-state index contributed by atoms with van der Waals surface area (Å²) in [6.07, 6.45) is 3.47. The molecule has 5 nitrogen and oxygen atoms in total. The summed E-state index contributed by atoms with van der Waals surface area (Å²) < 4.78 is 0. The van der Waals surface area contributed by atoms with E-state index in [2.05, 4.69) is 41.0 Å². The Morgan fingerprint density at radius 2 is 1.96 bits per heavy atom. The molecule has 122 valence electrons. The first-order valence-electron chi connectivity index (χ1n) is 7.87. The van der Waals surface area contributed by atoms with Gasteiger partial charge in [0.2, 0.25) is 0 Å². The normalized spacial score (nSPS) is 19.0.